The Balaban J connectivity index is 3.11. The van der Waals surface area contributed by atoms with E-state index < -0.39 is 4.92 Å². The number of hydrogen-bond donors (Lipinski definition) is 1. The van der Waals surface area contributed by atoms with E-state index in [1.165, 1.54) is 0 Å². The van der Waals surface area contributed by atoms with Crippen molar-refractivity contribution in [2.75, 3.05) is 0 Å². The number of rotatable bonds is 1. The van der Waals surface area contributed by atoms with Gasteiger partial charge in [-0.2, -0.15) is 0 Å². The minimum absolute atomic E-state index is 0.348. The molecular formula is C6H3NO3. The van der Waals surface area contributed by atoms with E-state index in [0.29, 0.717) is 0 Å². The van der Waals surface area contributed by atoms with Crippen LogP contribution in [0.1, 0.15) is 0 Å². The van der Waals surface area contributed by atoms with Crippen LogP contribution in [0.5, 0.6) is 0 Å². The molecule has 4 nitrogen and oxygen atoms in total. The highest BCUT2D eigenvalue weighted by Gasteiger charge is 2.13. The third kappa shape index (κ3) is 0.977. The lowest BCUT2D eigenvalue weighted by atomic mass is 10.3. The molecule has 1 rings (SSSR count). The van der Waals surface area contributed by atoms with Gasteiger partial charge in [-0.05, 0) is 0 Å². The highest BCUT2D eigenvalue weighted by atomic mass is 16.6. The fourth-order valence-electron chi connectivity index (χ4n) is 0.514. The second-order valence-electron chi connectivity index (χ2n) is 1.60. The zero-order valence-corrected chi connectivity index (χ0v) is 4.87. The summed E-state index contributed by atoms with van der Waals surface area (Å²) in [4.78, 5) is 9.35. The second-order valence-corrected chi connectivity index (χ2v) is 1.60. The average Bonchev–Trinajstić information content (AvgIpc) is 1.88. The molecule has 0 saturated heterocycles. The van der Waals surface area contributed by atoms with Crippen LogP contribution in [-0.2, 0) is 0 Å². The third-order valence-electron chi connectivity index (χ3n) is 0.960. The average molecular weight is 137 g/mol. The maximum absolute atomic E-state index is 10.0. The molecule has 0 aromatic carbocycles. The van der Waals surface area contributed by atoms with Crippen LogP contribution in [0, 0.1) is 10.1 Å². The normalized spacial score (nSPS) is 14.4. The Hall–Kier alpha value is -1.76. The summed E-state index contributed by atoms with van der Waals surface area (Å²) in [5, 5.41) is 18.8. The van der Waals surface area contributed by atoms with Crippen molar-refractivity contribution in [3.63, 3.8) is 0 Å². The fraction of sp³-hybridized carbons (Fsp3) is 0. The summed E-state index contributed by atoms with van der Waals surface area (Å²) in [6, 6.07) is 0. The van der Waals surface area contributed by atoms with Crippen LogP contribution in [0.2, 0.25) is 0 Å². The maximum atomic E-state index is 10.0. The highest BCUT2D eigenvalue weighted by molar-refractivity contribution is 5.25. The monoisotopic (exact) mass is 137 g/mol. The highest BCUT2D eigenvalue weighted by Crippen LogP contribution is 2.06. The summed E-state index contributed by atoms with van der Waals surface area (Å²) in [6.07, 6.45) is 2.16. The Labute approximate surface area is 56.2 Å². The molecule has 1 N–H and O–H groups in total. The fourth-order valence-corrected chi connectivity index (χ4v) is 0.514. The molecule has 0 fully saturated rings. The number of aliphatic hydroxyl groups is 1. The van der Waals surface area contributed by atoms with Crippen molar-refractivity contribution in [3.05, 3.63) is 45.2 Å². The predicted octanol–water partition coefficient (Wildman–Crippen LogP) is 0.913. The van der Waals surface area contributed by atoms with Gasteiger partial charge in [-0.15, -0.1) is 0 Å². The first-order chi connectivity index (χ1) is 4.72. The minimum Gasteiger partial charge on any atom is -0.502 e. The van der Waals surface area contributed by atoms with Gasteiger partial charge in [-0.3, -0.25) is 10.1 Å². The summed E-state index contributed by atoms with van der Waals surface area (Å²) in [5.41, 5.74) is 4.38. The second kappa shape index (κ2) is 2.23. The first-order valence-corrected chi connectivity index (χ1v) is 2.47. The van der Waals surface area contributed by atoms with Gasteiger partial charge in [0.15, 0.2) is 0 Å². The quantitative estimate of drug-likeness (QED) is 0.332. The third-order valence-corrected chi connectivity index (χ3v) is 0.960. The largest absolute Gasteiger partial charge is 0.502 e. The molecule has 50 valence electrons. The van der Waals surface area contributed by atoms with E-state index in [1.807, 2.05) is 0 Å². The molecule has 10 heavy (non-hydrogen) atoms. The zero-order chi connectivity index (χ0) is 7.56. The van der Waals surface area contributed by atoms with Crippen molar-refractivity contribution in [3.8, 4) is 0 Å². The molecule has 0 bridgehead atoms. The molecule has 0 saturated carbocycles. The summed E-state index contributed by atoms with van der Waals surface area (Å²) in [5.74, 6) is -0.385. The molecule has 4 heteroatoms. The van der Waals surface area contributed by atoms with Gasteiger partial charge in [0.1, 0.15) is 0 Å². The smallest absolute Gasteiger partial charge is 0.319 e. The van der Waals surface area contributed by atoms with Crippen LogP contribution < -0.4 is 0 Å². The molecule has 1 aliphatic carbocycles. The van der Waals surface area contributed by atoms with E-state index in [9.17, 15) is 10.1 Å². The Kier molecular flexibility index (Phi) is 1.42. The first-order valence-electron chi connectivity index (χ1n) is 2.47. The molecule has 0 unspecified atom stereocenters. The van der Waals surface area contributed by atoms with Gasteiger partial charge in [-0.25, -0.2) is 0 Å². The molecule has 0 aliphatic heterocycles. The van der Waals surface area contributed by atoms with Gasteiger partial charge in [0.25, 0.3) is 0 Å². The van der Waals surface area contributed by atoms with E-state index in [1.54, 1.807) is 0 Å². The maximum Gasteiger partial charge on any atom is 0.319 e. The first kappa shape index (κ1) is 6.36. The Morgan fingerprint density at radius 1 is 1.50 bits per heavy atom. The van der Waals surface area contributed by atoms with Gasteiger partial charge in [0, 0.05) is 6.08 Å². The van der Waals surface area contributed by atoms with Crippen molar-refractivity contribution >= 4 is 0 Å². The topological polar surface area (TPSA) is 63.4 Å². The van der Waals surface area contributed by atoms with E-state index in [4.69, 9.17) is 5.11 Å². The molecule has 0 aromatic heterocycles. The van der Waals surface area contributed by atoms with Crippen molar-refractivity contribution in [2.45, 2.75) is 0 Å². The van der Waals surface area contributed by atoms with Gasteiger partial charge in [0.05, 0.1) is 11.0 Å². The molecule has 0 atom stereocenters. The van der Waals surface area contributed by atoms with Crippen LogP contribution in [0.25, 0.3) is 0 Å². The molecule has 0 heterocycles. The van der Waals surface area contributed by atoms with Gasteiger partial charge in [0.2, 0.25) is 5.76 Å². The van der Waals surface area contributed by atoms with Crippen molar-refractivity contribution in [2.24, 2.45) is 0 Å². The number of nitrogens with zero attached hydrogens (tertiary/aromatic N) is 1. The molecule has 1 aliphatic rings. The van der Waals surface area contributed by atoms with Crippen molar-refractivity contribution < 1.29 is 10.0 Å². The number of hydrogen-bond acceptors (Lipinski definition) is 3. The standard InChI is InChI=1S/C6H3NO3/c8-6-4-2-1-3-5(6)7(9)10/h3-4,8H. The lowest BCUT2D eigenvalue weighted by Gasteiger charge is -1.92. The number of aliphatic hydroxyl groups excluding tert-OH is 1. The van der Waals surface area contributed by atoms with E-state index in [-0.39, 0.29) is 11.5 Å². The summed E-state index contributed by atoms with van der Waals surface area (Å²) >= 11 is 0. The molecular weight excluding hydrogens is 134 g/mol. The SMILES string of the molecule is O=[N+]([O-])C1=C(O)C=C=C=C1. The van der Waals surface area contributed by atoms with Gasteiger partial charge in [-0.1, -0.05) is 11.5 Å². The number of nitro groups is 1. The van der Waals surface area contributed by atoms with Gasteiger partial charge < -0.3 is 5.11 Å². The Morgan fingerprint density at radius 2 is 2.10 bits per heavy atom. The predicted molar refractivity (Wildman–Crippen MR) is 32.8 cm³/mol. The minimum atomic E-state index is -0.681. The van der Waals surface area contributed by atoms with E-state index >= 15 is 0 Å². The van der Waals surface area contributed by atoms with Crippen LogP contribution in [0.4, 0.5) is 0 Å². The molecule has 0 amide bonds. The van der Waals surface area contributed by atoms with Crippen molar-refractivity contribution in [1.29, 1.82) is 0 Å². The van der Waals surface area contributed by atoms with Crippen molar-refractivity contribution in [1.82, 2.24) is 0 Å². The van der Waals surface area contributed by atoms with Crippen LogP contribution in [-0.4, -0.2) is 10.0 Å². The Bertz CT molecular complexity index is 301. The summed E-state index contributed by atoms with van der Waals surface area (Å²) in [6.45, 7) is 0. The zero-order valence-electron chi connectivity index (χ0n) is 4.87. The lowest BCUT2D eigenvalue weighted by Crippen LogP contribution is -1.99. The summed E-state index contributed by atoms with van der Waals surface area (Å²) in [7, 11) is 0. The molecule has 0 spiro atoms. The lowest BCUT2D eigenvalue weighted by molar-refractivity contribution is -0.421. The molecule has 0 aromatic rings. The van der Waals surface area contributed by atoms with E-state index in [0.717, 1.165) is 12.2 Å². The van der Waals surface area contributed by atoms with Crippen LogP contribution in [0.3, 0.4) is 0 Å². The van der Waals surface area contributed by atoms with Crippen LogP contribution >= 0.6 is 0 Å². The van der Waals surface area contributed by atoms with Crippen LogP contribution in [0.15, 0.2) is 35.1 Å². The summed E-state index contributed by atoms with van der Waals surface area (Å²) < 4.78 is 0. The Morgan fingerprint density at radius 3 is 2.50 bits per heavy atom. The molecule has 0 radical (unpaired) electrons. The van der Waals surface area contributed by atoms with E-state index in [2.05, 4.69) is 11.5 Å². The van der Waals surface area contributed by atoms with Gasteiger partial charge >= 0.3 is 5.70 Å². The number of allylic oxidation sites excluding steroid dienone is 2.